The molecule has 0 unspecified atom stereocenters. The van der Waals surface area contributed by atoms with Crippen LogP contribution in [-0.4, -0.2) is 29.8 Å². The van der Waals surface area contributed by atoms with Crippen LogP contribution < -0.4 is 9.47 Å². The molecule has 6 heteroatoms. The fraction of sp³-hybridized carbons (Fsp3) is 0.429. The summed E-state index contributed by atoms with van der Waals surface area (Å²) in [5.41, 5.74) is 0.741. The third kappa shape index (κ3) is 3.30. The summed E-state index contributed by atoms with van der Waals surface area (Å²) in [6.07, 6.45) is 2.06. The van der Waals surface area contributed by atoms with Gasteiger partial charge in [0.05, 0.1) is 29.3 Å². The molecule has 0 aliphatic rings. The van der Waals surface area contributed by atoms with Crippen molar-refractivity contribution >= 4 is 43.3 Å². The van der Waals surface area contributed by atoms with Crippen LogP contribution in [0.5, 0.6) is 11.5 Å². The Balaban J connectivity index is 2.41. The largest absolute Gasteiger partial charge is 0.497 e. The first-order valence-corrected chi connectivity index (χ1v) is 8.34. The van der Waals surface area contributed by atoms with E-state index in [2.05, 4.69) is 27.8 Å². The van der Waals surface area contributed by atoms with Crippen LogP contribution >= 0.6 is 27.3 Å². The maximum absolute atomic E-state index is 11.7. The summed E-state index contributed by atoms with van der Waals surface area (Å²) in [6.45, 7) is 2.77. The first-order chi connectivity index (χ1) is 9.69. The van der Waals surface area contributed by atoms with Crippen molar-refractivity contribution in [2.24, 2.45) is 0 Å². The normalized spacial score (nSPS) is 10.8. The number of alkyl halides is 1. The number of carbonyl (C=O) groups is 1. The molecule has 2 rings (SSSR count). The number of nitrogens with zero attached hydrogens (tertiary/aromatic N) is 1. The van der Waals surface area contributed by atoms with Gasteiger partial charge in [0.25, 0.3) is 0 Å². The van der Waals surface area contributed by atoms with Crippen LogP contribution in [-0.2, 0) is 0 Å². The molecular weight excluding hydrogens is 342 g/mol. The van der Waals surface area contributed by atoms with Gasteiger partial charge in [-0.2, -0.15) is 0 Å². The van der Waals surface area contributed by atoms with E-state index >= 15 is 0 Å². The molecular formula is C14H16BrNO3S. The summed E-state index contributed by atoms with van der Waals surface area (Å²) >= 11 is 4.53. The van der Waals surface area contributed by atoms with Crippen molar-refractivity contribution < 1.29 is 14.3 Å². The molecule has 0 atom stereocenters. The molecule has 108 valence electrons. The molecule has 0 radical (unpaired) electrons. The van der Waals surface area contributed by atoms with Crippen molar-refractivity contribution in [3.05, 3.63) is 17.1 Å². The van der Waals surface area contributed by atoms with Crippen molar-refractivity contribution in [3.8, 4) is 11.5 Å². The maximum Gasteiger partial charge on any atom is 0.201 e. The topological polar surface area (TPSA) is 48.4 Å². The highest BCUT2D eigenvalue weighted by Gasteiger charge is 2.15. The second-order valence-corrected chi connectivity index (χ2v) is 5.81. The average molecular weight is 358 g/mol. The predicted molar refractivity (Wildman–Crippen MR) is 84.7 cm³/mol. The summed E-state index contributed by atoms with van der Waals surface area (Å²) in [5.74, 6) is 1.40. The van der Waals surface area contributed by atoms with E-state index in [1.807, 2.05) is 12.1 Å². The van der Waals surface area contributed by atoms with Gasteiger partial charge in [-0.3, -0.25) is 4.79 Å². The van der Waals surface area contributed by atoms with E-state index in [4.69, 9.17) is 9.47 Å². The van der Waals surface area contributed by atoms with Gasteiger partial charge in [-0.25, -0.2) is 4.98 Å². The number of Topliss-reactive ketones (excluding diaryl/α,β-unsaturated/α-hetero) is 1. The van der Waals surface area contributed by atoms with Gasteiger partial charge in [0.1, 0.15) is 11.5 Å². The number of hydrogen-bond acceptors (Lipinski definition) is 5. The smallest absolute Gasteiger partial charge is 0.201 e. The fourth-order valence-electron chi connectivity index (χ4n) is 1.71. The van der Waals surface area contributed by atoms with Crippen molar-refractivity contribution in [1.29, 1.82) is 0 Å². The molecule has 1 heterocycles. The van der Waals surface area contributed by atoms with E-state index in [0.717, 1.165) is 28.8 Å². The van der Waals surface area contributed by atoms with Gasteiger partial charge >= 0.3 is 0 Å². The van der Waals surface area contributed by atoms with Crippen molar-refractivity contribution in [3.63, 3.8) is 0 Å². The number of halogens is 1. The zero-order chi connectivity index (χ0) is 14.5. The summed E-state index contributed by atoms with van der Waals surface area (Å²) in [4.78, 5) is 16.1. The SMILES string of the molecule is CCCCOc1cc(OC)cc2nc(C(=O)CBr)sc12. The molecule has 0 N–H and O–H groups in total. The highest BCUT2D eigenvalue weighted by molar-refractivity contribution is 9.09. The third-order valence-electron chi connectivity index (χ3n) is 2.78. The van der Waals surface area contributed by atoms with Crippen LogP contribution in [0.2, 0.25) is 0 Å². The summed E-state index contributed by atoms with van der Waals surface area (Å²) < 4.78 is 11.9. The van der Waals surface area contributed by atoms with Crippen LogP contribution in [0.1, 0.15) is 29.6 Å². The molecule has 2 aromatic rings. The second kappa shape index (κ2) is 7.04. The van der Waals surface area contributed by atoms with Gasteiger partial charge in [-0.15, -0.1) is 11.3 Å². The molecule has 0 fully saturated rings. The van der Waals surface area contributed by atoms with Crippen molar-refractivity contribution in [1.82, 2.24) is 4.98 Å². The van der Waals surface area contributed by atoms with E-state index in [-0.39, 0.29) is 11.1 Å². The van der Waals surface area contributed by atoms with E-state index in [0.29, 0.717) is 17.4 Å². The molecule has 4 nitrogen and oxygen atoms in total. The minimum Gasteiger partial charge on any atom is -0.497 e. The third-order valence-corrected chi connectivity index (χ3v) is 4.42. The molecule has 1 aromatic heterocycles. The zero-order valence-electron chi connectivity index (χ0n) is 11.4. The highest BCUT2D eigenvalue weighted by Crippen LogP contribution is 2.35. The minimum absolute atomic E-state index is 0.0234. The molecule has 0 saturated carbocycles. The van der Waals surface area contributed by atoms with Crippen LogP contribution in [0, 0.1) is 0 Å². The summed E-state index contributed by atoms with van der Waals surface area (Å²) in [5, 5.41) is 0.765. The number of ketones is 1. The number of fused-ring (bicyclic) bond motifs is 1. The number of benzene rings is 1. The van der Waals surface area contributed by atoms with E-state index < -0.39 is 0 Å². The lowest BCUT2D eigenvalue weighted by Gasteiger charge is -2.08. The van der Waals surface area contributed by atoms with E-state index in [1.54, 1.807) is 7.11 Å². The van der Waals surface area contributed by atoms with Crippen LogP contribution in [0.4, 0.5) is 0 Å². The Bertz CT molecular complexity index is 612. The molecule has 0 aliphatic carbocycles. The first-order valence-electron chi connectivity index (χ1n) is 6.40. The molecule has 1 aromatic carbocycles. The van der Waals surface area contributed by atoms with Crippen molar-refractivity contribution in [2.75, 3.05) is 19.0 Å². The molecule has 0 spiro atoms. The Kier molecular flexibility index (Phi) is 5.37. The lowest BCUT2D eigenvalue weighted by atomic mass is 10.3. The van der Waals surface area contributed by atoms with Gasteiger partial charge in [-0.05, 0) is 6.42 Å². The number of rotatable bonds is 7. The highest BCUT2D eigenvalue weighted by atomic mass is 79.9. The van der Waals surface area contributed by atoms with Crippen LogP contribution in [0.25, 0.3) is 10.2 Å². The zero-order valence-corrected chi connectivity index (χ0v) is 13.8. The number of carbonyl (C=O) groups excluding carboxylic acids is 1. The Morgan fingerprint density at radius 3 is 2.90 bits per heavy atom. The minimum atomic E-state index is -0.0234. The van der Waals surface area contributed by atoms with Gasteiger partial charge in [0, 0.05) is 12.1 Å². The second-order valence-electron chi connectivity index (χ2n) is 4.25. The quantitative estimate of drug-likeness (QED) is 0.425. The molecule has 0 saturated heterocycles. The average Bonchev–Trinajstić information content (AvgIpc) is 2.90. The van der Waals surface area contributed by atoms with E-state index in [1.165, 1.54) is 11.3 Å². The van der Waals surface area contributed by atoms with Crippen LogP contribution in [0.15, 0.2) is 12.1 Å². The Labute approximate surface area is 130 Å². The van der Waals surface area contributed by atoms with Gasteiger partial charge < -0.3 is 9.47 Å². The number of thiazole rings is 1. The van der Waals surface area contributed by atoms with Crippen LogP contribution in [0.3, 0.4) is 0 Å². The van der Waals surface area contributed by atoms with Gasteiger partial charge in [0.2, 0.25) is 5.78 Å². The van der Waals surface area contributed by atoms with Gasteiger partial charge in [0.15, 0.2) is 5.01 Å². The predicted octanol–water partition coefficient (Wildman–Crippen LogP) is 4.06. The monoisotopic (exact) mass is 357 g/mol. The molecule has 0 amide bonds. The van der Waals surface area contributed by atoms with Gasteiger partial charge in [-0.1, -0.05) is 29.3 Å². The molecule has 0 bridgehead atoms. The van der Waals surface area contributed by atoms with E-state index in [9.17, 15) is 4.79 Å². The Morgan fingerprint density at radius 2 is 2.25 bits per heavy atom. The van der Waals surface area contributed by atoms with Crippen molar-refractivity contribution in [2.45, 2.75) is 19.8 Å². The standard InChI is InChI=1S/C14H16BrNO3S/c1-3-4-5-19-12-7-9(18-2)6-10-13(12)20-14(16-10)11(17)8-15/h6-7H,3-5,8H2,1-2H3. The lowest BCUT2D eigenvalue weighted by molar-refractivity contribution is 0.102. The molecule has 0 aliphatic heterocycles. The Morgan fingerprint density at radius 1 is 1.45 bits per heavy atom. The maximum atomic E-state index is 11.7. The fourth-order valence-corrected chi connectivity index (χ4v) is 3.11. The lowest BCUT2D eigenvalue weighted by Crippen LogP contribution is -1.97. The summed E-state index contributed by atoms with van der Waals surface area (Å²) in [6, 6.07) is 3.67. The number of aromatic nitrogens is 1. The Hall–Kier alpha value is -1.14. The first kappa shape index (κ1) is 15.3. The number of hydrogen-bond donors (Lipinski definition) is 0. The summed E-state index contributed by atoms with van der Waals surface area (Å²) in [7, 11) is 1.61. The number of methoxy groups -OCH3 is 1. The molecule has 20 heavy (non-hydrogen) atoms. The number of ether oxygens (including phenoxy) is 2. The number of unbranched alkanes of at least 4 members (excludes halogenated alkanes) is 1.